The van der Waals surface area contributed by atoms with Crippen molar-refractivity contribution in [3.63, 3.8) is 0 Å². The van der Waals surface area contributed by atoms with Gasteiger partial charge in [0.2, 0.25) is 0 Å². The molecule has 0 aromatic carbocycles. The molecule has 1 aromatic heterocycles. The molecule has 5 heteroatoms. The van der Waals surface area contributed by atoms with Gasteiger partial charge >= 0.3 is 0 Å². The number of rotatable bonds is 2. The van der Waals surface area contributed by atoms with E-state index in [1.54, 1.807) is 6.07 Å². The van der Waals surface area contributed by atoms with Crippen LogP contribution in [-0.4, -0.2) is 43.0 Å². The minimum Gasteiger partial charge on any atom is -0.469 e. The molecule has 88 valence electrons. The van der Waals surface area contributed by atoms with E-state index in [0.717, 1.165) is 18.8 Å². The fraction of sp³-hybridized carbons (Fsp3) is 0.545. The van der Waals surface area contributed by atoms with Crippen molar-refractivity contribution in [3.05, 3.63) is 23.7 Å². The molecule has 1 atom stereocenters. The van der Waals surface area contributed by atoms with Crippen LogP contribution in [0.3, 0.4) is 0 Å². The van der Waals surface area contributed by atoms with E-state index in [1.807, 2.05) is 11.8 Å². The van der Waals surface area contributed by atoms with Crippen LogP contribution < -0.4 is 11.1 Å². The summed E-state index contributed by atoms with van der Waals surface area (Å²) >= 11 is 0. The van der Waals surface area contributed by atoms with Crippen LogP contribution in [-0.2, 0) is 0 Å². The van der Waals surface area contributed by atoms with Gasteiger partial charge in [-0.05, 0) is 13.0 Å². The number of carbonyl (C=O) groups is 1. The highest BCUT2D eigenvalue weighted by molar-refractivity contribution is 5.94. The molecule has 0 aliphatic carbocycles. The summed E-state index contributed by atoms with van der Waals surface area (Å²) in [5.41, 5.74) is 6.27. The summed E-state index contributed by atoms with van der Waals surface area (Å²) in [4.78, 5) is 14.0. The first-order valence-electron chi connectivity index (χ1n) is 5.49. The normalized spacial score (nSPS) is 21.1. The largest absolute Gasteiger partial charge is 0.469 e. The molecule has 2 heterocycles. The van der Waals surface area contributed by atoms with Crippen molar-refractivity contribution in [2.24, 2.45) is 5.73 Å². The molecule has 1 aliphatic rings. The molecule has 1 unspecified atom stereocenters. The third kappa shape index (κ3) is 2.10. The lowest BCUT2D eigenvalue weighted by atomic mass is 10.1. The highest BCUT2D eigenvalue weighted by Gasteiger charge is 2.26. The lowest BCUT2D eigenvalue weighted by molar-refractivity contribution is 0.0644. The Balaban J connectivity index is 2.13. The van der Waals surface area contributed by atoms with E-state index in [0.29, 0.717) is 18.7 Å². The number of aryl methyl sites for hydroxylation is 1. The third-order valence-electron chi connectivity index (χ3n) is 2.86. The Hall–Kier alpha value is -1.33. The Morgan fingerprint density at radius 3 is 3.19 bits per heavy atom. The molecule has 1 aliphatic heterocycles. The molecule has 16 heavy (non-hydrogen) atoms. The Labute approximate surface area is 94.6 Å². The van der Waals surface area contributed by atoms with Crippen LogP contribution in [0, 0.1) is 6.92 Å². The number of furan rings is 1. The molecule has 0 radical (unpaired) electrons. The quantitative estimate of drug-likeness (QED) is 0.738. The number of nitrogens with one attached hydrogen (secondary N) is 1. The molecule has 0 spiro atoms. The van der Waals surface area contributed by atoms with Gasteiger partial charge in [-0.1, -0.05) is 0 Å². The van der Waals surface area contributed by atoms with E-state index >= 15 is 0 Å². The first kappa shape index (κ1) is 11.2. The Morgan fingerprint density at radius 1 is 1.75 bits per heavy atom. The molecule has 1 fully saturated rings. The van der Waals surface area contributed by atoms with Crippen molar-refractivity contribution in [1.29, 1.82) is 0 Å². The predicted molar refractivity (Wildman–Crippen MR) is 60.2 cm³/mol. The van der Waals surface area contributed by atoms with Crippen LogP contribution >= 0.6 is 0 Å². The standard InChI is InChI=1S/C11H17N3O2/c1-8-4-9(7-16-8)11(15)14-3-2-13-6-10(14)5-12/h4,7,10,13H,2-3,5-6,12H2,1H3. The first-order valence-corrected chi connectivity index (χ1v) is 5.49. The van der Waals surface area contributed by atoms with E-state index in [4.69, 9.17) is 10.2 Å². The maximum absolute atomic E-state index is 12.2. The molecule has 1 amide bonds. The number of hydrogen-bond donors (Lipinski definition) is 2. The molecule has 0 saturated carbocycles. The lowest BCUT2D eigenvalue weighted by Crippen LogP contribution is -2.56. The molecule has 5 nitrogen and oxygen atoms in total. The molecule has 2 rings (SSSR count). The summed E-state index contributed by atoms with van der Waals surface area (Å²) < 4.78 is 5.15. The zero-order valence-corrected chi connectivity index (χ0v) is 9.40. The first-order chi connectivity index (χ1) is 7.72. The Bertz CT molecular complexity index is 375. The maximum atomic E-state index is 12.2. The van der Waals surface area contributed by atoms with Crippen molar-refractivity contribution < 1.29 is 9.21 Å². The number of carbonyl (C=O) groups excluding carboxylic acids is 1. The van der Waals surface area contributed by atoms with E-state index in [-0.39, 0.29) is 11.9 Å². The van der Waals surface area contributed by atoms with Crippen LogP contribution in [0.15, 0.2) is 16.7 Å². The predicted octanol–water partition coefficient (Wildman–Crippen LogP) is -0.0393. The van der Waals surface area contributed by atoms with E-state index in [9.17, 15) is 4.79 Å². The van der Waals surface area contributed by atoms with Gasteiger partial charge in [0.25, 0.3) is 5.91 Å². The second-order valence-corrected chi connectivity index (χ2v) is 4.04. The fourth-order valence-corrected chi connectivity index (χ4v) is 1.96. The summed E-state index contributed by atoms with van der Waals surface area (Å²) in [6, 6.07) is 1.84. The van der Waals surface area contributed by atoms with E-state index < -0.39 is 0 Å². The zero-order chi connectivity index (χ0) is 11.5. The van der Waals surface area contributed by atoms with E-state index in [1.165, 1.54) is 6.26 Å². The molecule has 3 N–H and O–H groups in total. The van der Waals surface area contributed by atoms with Crippen molar-refractivity contribution in [1.82, 2.24) is 10.2 Å². The Morgan fingerprint density at radius 2 is 2.56 bits per heavy atom. The van der Waals surface area contributed by atoms with Crippen LogP contribution in [0.25, 0.3) is 0 Å². The fourth-order valence-electron chi connectivity index (χ4n) is 1.96. The Kier molecular flexibility index (Phi) is 3.26. The summed E-state index contributed by atoms with van der Waals surface area (Å²) in [5.74, 6) is 0.761. The van der Waals surface area contributed by atoms with Crippen molar-refractivity contribution >= 4 is 5.91 Å². The average molecular weight is 223 g/mol. The van der Waals surface area contributed by atoms with Gasteiger partial charge in [-0.2, -0.15) is 0 Å². The summed E-state index contributed by atoms with van der Waals surface area (Å²) in [6.07, 6.45) is 1.51. The topological polar surface area (TPSA) is 71.5 Å². The van der Waals surface area contributed by atoms with Gasteiger partial charge in [-0.15, -0.1) is 0 Å². The second kappa shape index (κ2) is 4.67. The molecule has 1 aromatic rings. The number of nitrogens with two attached hydrogens (primary N) is 1. The van der Waals surface area contributed by atoms with Crippen molar-refractivity contribution in [2.75, 3.05) is 26.2 Å². The van der Waals surface area contributed by atoms with Crippen LogP contribution in [0.4, 0.5) is 0 Å². The number of hydrogen-bond acceptors (Lipinski definition) is 4. The van der Waals surface area contributed by atoms with Gasteiger partial charge in [0.1, 0.15) is 12.0 Å². The molecular formula is C11H17N3O2. The molecule has 1 saturated heterocycles. The van der Waals surface area contributed by atoms with Crippen LogP contribution in [0.1, 0.15) is 16.1 Å². The van der Waals surface area contributed by atoms with Gasteiger partial charge in [0, 0.05) is 26.2 Å². The number of amides is 1. The average Bonchev–Trinajstić information content (AvgIpc) is 2.75. The van der Waals surface area contributed by atoms with Gasteiger partial charge in [-0.25, -0.2) is 0 Å². The highest BCUT2D eigenvalue weighted by atomic mass is 16.3. The number of piperazine rings is 1. The SMILES string of the molecule is Cc1cc(C(=O)N2CCNCC2CN)co1. The molecular weight excluding hydrogens is 206 g/mol. The zero-order valence-electron chi connectivity index (χ0n) is 9.40. The van der Waals surface area contributed by atoms with E-state index in [2.05, 4.69) is 5.32 Å². The summed E-state index contributed by atoms with van der Waals surface area (Å²) in [6.45, 7) is 4.59. The summed E-state index contributed by atoms with van der Waals surface area (Å²) in [5, 5.41) is 3.23. The smallest absolute Gasteiger partial charge is 0.257 e. The van der Waals surface area contributed by atoms with Crippen molar-refractivity contribution in [3.8, 4) is 0 Å². The van der Waals surface area contributed by atoms with Gasteiger partial charge < -0.3 is 20.4 Å². The third-order valence-corrected chi connectivity index (χ3v) is 2.86. The maximum Gasteiger partial charge on any atom is 0.257 e. The lowest BCUT2D eigenvalue weighted by Gasteiger charge is -2.35. The van der Waals surface area contributed by atoms with Gasteiger partial charge in [-0.3, -0.25) is 4.79 Å². The molecule has 0 bridgehead atoms. The van der Waals surface area contributed by atoms with Gasteiger partial charge in [0.15, 0.2) is 0 Å². The van der Waals surface area contributed by atoms with Crippen LogP contribution in [0.2, 0.25) is 0 Å². The minimum atomic E-state index is 0.00815. The van der Waals surface area contributed by atoms with Gasteiger partial charge in [0.05, 0.1) is 11.6 Å². The van der Waals surface area contributed by atoms with Crippen molar-refractivity contribution in [2.45, 2.75) is 13.0 Å². The second-order valence-electron chi connectivity index (χ2n) is 4.04. The highest BCUT2D eigenvalue weighted by Crippen LogP contribution is 2.12. The summed E-state index contributed by atoms with van der Waals surface area (Å²) in [7, 11) is 0. The van der Waals surface area contributed by atoms with Crippen LogP contribution in [0.5, 0.6) is 0 Å². The monoisotopic (exact) mass is 223 g/mol. The number of nitrogens with zero attached hydrogens (tertiary/aromatic N) is 1. The minimum absolute atomic E-state index is 0.00815.